The van der Waals surface area contributed by atoms with Crippen LogP contribution in [0.4, 0.5) is 0 Å². The van der Waals surface area contributed by atoms with Crippen LogP contribution in [0.25, 0.3) is 0 Å². The molecular weight excluding hydrogens is 276 g/mol. The standard InChI is InChI=1S/C14H20N2O3S/c1-8-6-12(20(15,18)19)7-13(9(8)2)14(17)16-10(3)11-4-5-11/h6-7,10-11H,4-5H2,1-3H3,(H,16,17)(H2,15,18,19). The number of aryl methyl sites for hydroxylation is 1. The largest absolute Gasteiger partial charge is 0.349 e. The van der Waals surface area contributed by atoms with Gasteiger partial charge < -0.3 is 5.32 Å². The Morgan fingerprint density at radius 2 is 1.95 bits per heavy atom. The van der Waals surface area contributed by atoms with E-state index in [0.717, 1.165) is 24.0 Å². The van der Waals surface area contributed by atoms with Gasteiger partial charge in [-0.15, -0.1) is 0 Å². The number of carbonyl (C=O) groups is 1. The van der Waals surface area contributed by atoms with Crippen molar-refractivity contribution in [3.8, 4) is 0 Å². The van der Waals surface area contributed by atoms with Crippen molar-refractivity contribution in [1.82, 2.24) is 5.32 Å². The summed E-state index contributed by atoms with van der Waals surface area (Å²) in [6, 6.07) is 2.96. The second-order valence-corrected chi connectivity index (χ2v) is 7.12. The minimum absolute atomic E-state index is 0.0233. The van der Waals surface area contributed by atoms with Crippen LogP contribution in [0.15, 0.2) is 17.0 Å². The maximum atomic E-state index is 12.3. The molecule has 20 heavy (non-hydrogen) atoms. The molecule has 0 radical (unpaired) electrons. The zero-order valence-electron chi connectivity index (χ0n) is 11.9. The molecule has 6 heteroatoms. The van der Waals surface area contributed by atoms with Crippen LogP contribution < -0.4 is 10.5 Å². The van der Waals surface area contributed by atoms with Gasteiger partial charge in [-0.1, -0.05) is 0 Å². The Labute approximate surface area is 119 Å². The summed E-state index contributed by atoms with van der Waals surface area (Å²) < 4.78 is 22.9. The Morgan fingerprint density at radius 3 is 2.45 bits per heavy atom. The zero-order valence-corrected chi connectivity index (χ0v) is 12.8. The molecule has 1 aliphatic rings. The molecule has 1 aliphatic carbocycles. The summed E-state index contributed by atoms with van der Waals surface area (Å²) in [6.07, 6.45) is 2.27. The van der Waals surface area contributed by atoms with Crippen LogP contribution in [-0.2, 0) is 10.0 Å². The molecule has 0 heterocycles. The van der Waals surface area contributed by atoms with Crippen molar-refractivity contribution >= 4 is 15.9 Å². The number of amides is 1. The van der Waals surface area contributed by atoms with E-state index < -0.39 is 10.0 Å². The van der Waals surface area contributed by atoms with Gasteiger partial charge >= 0.3 is 0 Å². The normalized spacial score (nSPS) is 16.8. The number of hydrogen-bond donors (Lipinski definition) is 2. The number of carbonyl (C=O) groups excluding carboxylic acids is 1. The van der Waals surface area contributed by atoms with Gasteiger partial charge in [-0.3, -0.25) is 4.79 Å². The van der Waals surface area contributed by atoms with Gasteiger partial charge in [-0.05, 0) is 62.8 Å². The third kappa shape index (κ3) is 3.19. The molecule has 1 unspecified atom stereocenters. The Balaban J connectivity index is 2.34. The smallest absolute Gasteiger partial charge is 0.251 e. The van der Waals surface area contributed by atoms with Crippen molar-refractivity contribution in [2.45, 2.75) is 44.6 Å². The van der Waals surface area contributed by atoms with Crippen molar-refractivity contribution in [2.24, 2.45) is 11.1 Å². The van der Waals surface area contributed by atoms with Crippen LogP contribution in [-0.4, -0.2) is 20.4 Å². The van der Waals surface area contributed by atoms with Gasteiger partial charge in [0, 0.05) is 11.6 Å². The molecule has 0 aliphatic heterocycles. The lowest BCUT2D eigenvalue weighted by atomic mass is 10.0. The van der Waals surface area contributed by atoms with Gasteiger partial charge in [0.25, 0.3) is 5.91 Å². The van der Waals surface area contributed by atoms with Crippen LogP contribution in [0.1, 0.15) is 41.3 Å². The maximum absolute atomic E-state index is 12.3. The summed E-state index contributed by atoms with van der Waals surface area (Å²) in [6.45, 7) is 5.55. The highest BCUT2D eigenvalue weighted by atomic mass is 32.2. The molecule has 3 N–H and O–H groups in total. The minimum atomic E-state index is -3.81. The fourth-order valence-corrected chi connectivity index (χ4v) is 2.85. The molecule has 1 aromatic carbocycles. The molecular formula is C14H20N2O3S. The van der Waals surface area contributed by atoms with E-state index in [1.807, 2.05) is 6.92 Å². The van der Waals surface area contributed by atoms with E-state index in [4.69, 9.17) is 5.14 Å². The van der Waals surface area contributed by atoms with E-state index >= 15 is 0 Å². The van der Waals surface area contributed by atoms with Crippen LogP contribution in [0.3, 0.4) is 0 Å². The predicted octanol–water partition coefficient (Wildman–Crippen LogP) is 1.48. The summed E-state index contributed by atoms with van der Waals surface area (Å²) >= 11 is 0. The molecule has 110 valence electrons. The summed E-state index contributed by atoms with van der Waals surface area (Å²) in [5, 5.41) is 8.08. The molecule has 2 rings (SSSR count). The topological polar surface area (TPSA) is 89.3 Å². The molecule has 1 fully saturated rings. The lowest BCUT2D eigenvalue weighted by Gasteiger charge is -2.16. The van der Waals surface area contributed by atoms with Crippen LogP contribution in [0.5, 0.6) is 0 Å². The Hall–Kier alpha value is -1.40. The Kier molecular flexibility index (Phi) is 3.88. The van der Waals surface area contributed by atoms with Crippen molar-refractivity contribution in [1.29, 1.82) is 0 Å². The molecule has 1 amide bonds. The van der Waals surface area contributed by atoms with Crippen LogP contribution >= 0.6 is 0 Å². The highest BCUT2D eigenvalue weighted by molar-refractivity contribution is 7.89. The fraction of sp³-hybridized carbons (Fsp3) is 0.500. The average Bonchev–Trinajstić information content (AvgIpc) is 3.14. The van der Waals surface area contributed by atoms with Crippen molar-refractivity contribution in [2.75, 3.05) is 0 Å². The first kappa shape index (κ1) is 15.0. The third-order valence-corrected chi connectivity index (χ3v) is 4.79. The van der Waals surface area contributed by atoms with Crippen molar-refractivity contribution in [3.05, 3.63) is 28.8 Å². The second kappa shape index (κ2) is 5.18. The number of sulfonamides is 1. The van der Waals surface area contributed by atoms with E-state index in [-0.39, 0.29) is 16.8 Å². The zero-order chi connectivity index (χ0) is 15.1. The highest BCUT2D eigenvalue weighted by Gasteiger charge is 2.29. The van der Waals surface area contributed by atoms with Crippen LogP contribution in [0.2, 0.25) is 0 Å². The first-order valence-electron chi connectivity index (χ1n) is 6.65. The number of rotatable bonds is 4. The van der Waals surface area contributed by atoms with Gasteiger partial charge in [-0.2, -0.15) is 0 Å². The van der Waals surface area contributed by atoms with E-state index in [0.29, 0.717) is 11.5 Å². The van der Waals surface area contributed by atoms with E-state index in [9.17, 15) is 13.2 Å². The molecule has 0 spiro atoms. The molecule has 5 nitrogen and oxygen atoms in total. The minimum Gasteiger partial charge on any atom is -0.349 e. The van der Waals surface area contributed by atoms with Crippen LogP contribution in [0, 0.1) is 19.8 Å². The summed E-state index contributed by atoms with van der Waals surface area (Å²) in [5.74, 6) is 0.303. The lowest BCUT2D eigenvalue weighted by Crippen LogP contribution is -2.34. The summed E-state index contributed by atoms with van der Waals surface area (Å²) in [7, 11) is -3.81. The van der Waals surface area contributed by atoms with Gasteiger partial charge in [0.15, 0.2) is 0 Å². The predicted molar refractivity (Wildman–Crippen MR) is 76.9 cm³/mol. The molecule has 0 bridgehead atoms. The first-order valence-corrected chi connectivity index (χ1v) is 8.19. The number of primary sulfonamides is 1. The molecule has 0 aromatic heterocycles. The van der Waals surface area contributed by atoms with E-state index in [1.165, 1.54) is 12.1 Å². The number of nitrogens with one attached hydrogen (secondary N) is 1. The quantitative estimate of drug-likeness (QED) is 0.882. The summed E-state index contributed by atoms with van der Waals surface area (Å²) in [5.41, 5.74) is 1.89. The van der Waals surface area contributed by atoms with Crippen molar-refractivity contribution < 1.29 is 13.2 Å². The Bertz CT molecular complexity index is 649. The summed E-state index contributed by atoms with van der Waals surface area (Å²) in [4.78, 5) is 12.3. The first-order chi connectivity index (χ1) is 9.20. The number of nitrogens with two attached hydrogens (primary N) is 1. The van der Waals surface area contributed by atoms with Gasteiger partial charge in [0.1, 0.15) is 0 Å². The third-order valence-electron chi connectivity index (χ3n) is 3.90. The maximum Gasteiger partial charge on any atom is 0.251 e. The second-order valence-electron chi connectivity index (χ2n) is 5.56. The van der Waals surface area contributed by atoms with Gasteiger partial charge in [-0.25, -0.2) is 13.6 Å². The van der Waals surface area contributed by atoms with E-state index in [1.54, 1.807) is 13.8 Å². The fourth-order valence-electron chi connectivity index (χ4n) is 2.22. The molecule has 1 saturated carbocycles. The molecule has 0 saturated heterocycles. The number of hydrogen-bond acceptors (Lipinski definition) is 3. The Morgan fingerprint density at radius 1 is 1.35 bits per heavy atom. The van der Waals surface area contributed by atoms with Crippen molar-refractivity contribution in [3.63, 3.8) is 0 Å². The monoisotopic (exact) mass is 296 g/mol. The molecule has 1 aromatic rings. The number of benzene rings is 1. The average molecular weight is 296 g/mol. The van der Waals surface area contributed by atoms with Gasteiger partial charge in [0.05, 0.1) is 4.90 Å². The lowest BCUT2D eigenvalue weighted by molar-refractivity contribution is 0.0935. The SMILES string of the molecule is Cc1cc(S(N)(=O)=O)cc(C(=O)NC(C)C2CC2)c1C. The van der Waals surface area contributed by atoms with E-state index in [2.05, 4.69) is 5.32 Å². The highest BCUT2D eigenvalue weighted by Crippen LogP contribution is 2.32. The molecule has 1 atom stereocenters. The van der Waals surface area contributed by atoms with Gasteiger partial charge in [0.2, 0.25) is 10.0 Å².